The van der Waals surface area contributed by atoms with Crippen molar-refractivity contribution >= 4 is 51.0 Å². The molecule has 1 fully saturated rings. The van der Waals surface area contributed by atoms with Crippen molar-refractivity contribution in [2.45, 2.75) is 28.4 Å². The molecule has 1 atom stereocenters. The summed E-state index contributed by atoms with van der Waals surface area (Å²) in [7, 11) is 0. The SMILES string of the molecule is N#C/C(=C\c1ccc(Sc2nc3ccc([N+](=O)[O-])cc3s2)o1)C(=O)NC[C@H]1CCCO1. The van der Waals surface area contributed by atoms with Gasteiger partial charge in [-0.2, -0.15) is 5.26 Å². The summed E-state index contributed by atoms with van der Waals surface area (Å²) in [6, 6.07) is 9.78. The van der Waals surface area contributed by atoms with E-state index in [1.807, 2.05) is 6.07 Å². The van der Waals surface area contributed by atoms with Crippen LogP contribution < -0.4 is 5.32 Å². The van der Waals surface area contributed by atoms with Gasteiger partial charge in [0, 0.05) is 31.4 Å². The molecule has 1 aliphatic rings. The van der Waals surface area contributed by atoms with E-state index in [2.05, 4.69) is 10.3 Å². The minimum atomic E-state index is -0.476. The van der Waals surface area contributed by atoms with Crippen LogP contribution in [0.5, 0.6) is 0 Å². The number of aromatic nitrogens is 1. The molecule has 1 aromatic carbocycles. The van der Waals surface area contributed by atoms with E-state index in [9.17, 15) is 20.2 Å². The Labute approximate surface area is 184 Å². The Morgan fingerprint density at radius 2 is 2.32 bits per heavy atom. The van der Waals surface area contributed by atoms with E-state index in [4.69, 9.17) is 9.15 Å². The largest absolute Gasteiger partial charge is 0.450 e. The lowest BCUT2D eigenvalue weighted by Crippen LogP contribution is -2.32. The molecule has 4 rings (SSSR count). The maximum atomic E-state index is 12.2. The summed E-state index contributed by atoms with van der Waals surface area (Å²) >= 11 is 2.58. The molecule has 0 bridgehead atoms. The Hall–Kier alpha value is -3.20. The third-order valence-corrected chi connectivity index (χ3v) is 6.52. The zero-order chi connectivity index (χ0) is 21.8. The van der Waals surface area contributed by atoms with E-state index in [0.717, 1.165) is 12.8 Å². The average molecular weight is 457 g/mol. The van der Waals surface area contributed by atoms with Crippen molar-refractivity contribution in [1.29, 1.82) is 5.26 Å². The van der Waals surface area contributed by atoms with Crippen LogP contribution in [-0.4, -0.2) is 35.1 Å². The number of nitrogens with one attached hydrogen (secondary N) is 1. The van der Waals surface area contributed by atoms with E-state index in [1.165, 1.54) is 41.3 Å². The first kappa shape index (κ1) is 21.0. The fourth-order valence-corrected chi connectivity index (χ4v) is 5.00. The summed E-state index contributed by atoms with van der Waals surface area (Å²) in [4.78, 5) is 27.2. The maximum Gasteiger partial charge on any atom is 0.270 e. The molecule has 0 aliphatic carbocycles. The number of hydrogen-bond donors (Lipinski definition) is 1. The smallest absolute Gasteiger partial charge is 0.270 e. The number of amides is 1. The summed E-state index contributed by atoms with van der Waals surface area (Å²) in [6.45, 7) is 1.06. The average Bonchev–Trinajstić information content (AvgIpc) is 3.50. The number of thiazole rings is 1. The number of ether oxygens (including phenoxy) is 1. The maximum absolute atomic E-state index is 12.2. The number of fused-ring (bicyclic) bond motifs is 1. The molecule has 3 aromatic rings. The third-order valence-electron chi connectivity index (χ3n) is 4.52. The summed E-state index contributed by atoms with van der Waals surface area (Å²) in [5.41, 5.74) is 0.621. The Balaban J connectivity index is 1.43. The summed E-state index contributed by atoms with van der Waals surface area (Å²) in [5, 5.41) is 23.5. The number of nitrogens with zero attached hydrogens (tertiary/aromatic N) is 3. The Morgan fingerprint density at radius 1 is 1.45 bits per heavy atom. The van der Waals surface area contributed by atoms with Crippen molar-refractivity contribution in [3.63, 3.8) is 0 Å². The van der Waals surface area contributed by atoms with E-state index >= 15 is 0 Å². The molecule has 3 heterocycles. The van der Waals surface area contributed by atoms with Gasteiger partial charge in [0.05, 0.1) is 21.2 Å². The van der Waals surface area contributed by atoms with Crippen LogP contribution in [0.25, 0.3) is 16.3 Å². The number of rotatable bonds is 7. The first-order chi connectivity index (χ1) is 15.0. The van der Waals surface area contributed by atoms with E-state index in [-0.39, 0.29) is 17.4 Å². The van der Waals surface area contributed by atoms with Gasteiger partial charge in [-0.3, -0.25) is 14.9 Å². The molecule has 11 heteroatoms. The molecule has 0 spiro atoms. The van der Waals surface area contributed by atoms with Crippen LogP contribution in [-0.2, 0) is 9.53 Å². The van der Waals surface area contributed by atoms with Gasteiger partial charge in [-0.1, -0.05) is 0 Å². The minimum absolute atomic E-state index is 0.00856. The Bertz CT molecular complexity index is 1200. The highest BCUT2D eigenvalue weighted by Gasteiger charge is 2.18. The first-order valence-electron chi connectivity index (χ1n) is 9.36. The van der Waals surface area contributed by atoms with Crippen LogP contribution >= 0.6 is 23.1 Å². The number of furan rings is 1. The molecular formula is C20H16N4O5S2. The zero-order valence-corrected chi connectivity index (χ0v) is 17.7. The lowest BCUT2D eigenvalue weighted by atomic mass is 10.2. The predicted octanol–water partition coefficient (Wildman–Crippen LogP) is 4.15. The van der Waals surface area contributed by atoms with Crippen molar-refractivity contribution < 1.29 is 18.9 Å². The number of nitriles is 1. The first-order valence-corrected chi connectivity index (χ1v) is 11.0. The lowest BCUT2D eigenvalue weighted by Gasteiger charge is -2.09. The van der Waals surface area contributed by atoms with Gasteiger partial charge >= 0.3 is 0 Å². The highest BCUT2D eigenvalue weighted by Crippen LogP contribution is 2.36. The molecule has 158 valence electrons. The van der Waals surface area contributed by atoms with Crippen LogP contribution in [0.2, 0.25) is 0 Å². The Morgan fingerprint density at radius 3 is 3.06 bits per heavy atom. The van der Waals surface area contributed by atoms with Gasteiger partial charge in [0.2, 0.25) is 0 Å². The zero-order valence-electron chi connectivity index (χ0n) is 16.1. The van der Waals surface area contributed by atoms with Crippen LogP contribution in [0.1, 0.15) is 18.6 Å². The standard InChI is InChI=1S/C20H16N4O5S2/c21-10-12(19(25)22-11-15-2-1-7-28-15)8-14-4-6-18(29-14)31-20-23-16-5-3-13(24(26)27)9-17(16)30-20/h3-6,8-9,15H,1-2,7,11H2,(H,22,25)/b12-8+/t15-/m1/s1. The number of nitro groups is 1. The quantitative estimate of drug-likeness (QED) is 0.243. The van der Waals surface area contributed by atoms with Crippen LogP contribution in [0.15, 0.2) is 49.8 Å². The summed E-state index contributed by atoms with van der Waals surface area (Å²) in [5.74, 6) is -0.112. The fourth-order valence-electron chi connectivity index (χ4n) is 3.00. The van der Waals surface area contributed by atoms with Gasteiger partial charge < -0.3 is 14.5 Å². The molecule has 0 saturated carbocycles. The Kier molecular flexibility index (Phi) is 6.31. The monoisotopic (exact) mass is 456 g/mol. The molecule has 0 radical (unpaired) electrons. The molecule has 1 saturated heterocycles. The van der Waals surface area contributed by atoms with E-state index in [0.29, 0.717) is 38.6 Å². The second-order valence-electron chi connectivity index (χ2n) is 6.66. The van der Waals surface area contributed by atoms with Crippen molar-refractivity contribution in [3.8, 4) is 6.07 Å². The number of non-ortho nitro benzene ring substituents is 1. The number of hydrogen-bond acceptors (Lipinski definition) is 9. The van der Waals surface area contributed by atoms with Gasteiger partial charge in [-0.05, 0) is 42.8 Å². The van der Waals surface area contributed by atoms with E-state index < -0.39 is 10.8 Å². The molecule has 1 amide bonds. The second kappa shape index (κ2) is 9.30. The summed E-state index contributed by atoms with van der Waals surface area (Å²) in [6.07, 6.45) is 3.24. The molecule has 1 N–H and O–H groups in total. The van der Waals surface area contributed by atoms with Crippen LogP contribution in [0, 0.1) is 21.4 Å². The lowest BCUT2D eigenvalue weighted by molar-refractivity contribution is -0.384. The highest BCUT2D eigenvalue weighted by atomic mass is 32.2. The number of carbonyl (C=O) groups is 1. The van der Waals surface area contributed by atoms with Gasteiger partial charge in [0.1, 0.15) is 17.4 Å². The number of benzene rings is 1. The van der Waals surface area contributed by atoms with Gasteiger partial charge in [0.15, 0.2) is 9.43 Å². The number of nitro benzene ring substituents is 1. The van der Waals surface area contributed by atoms with Crippen LogP contribution in [0.4, 0.5) is 5.69 Å². The molecule has 31 heavy (non-hydrogen) atoms. The predicted molar refractivity (Wildman–Crippen MR) is 115 cm³/mol. The molecule has 1 aliphatic heterocycles. The molecule has 0 unspecified atom stereocenters. The number of carbonyl (C=O) groups excluding carboxylic acids is 1. The van der Waals surface area contributed by atoms with Crippen molar-refractivity contribution in [3.05, 3.63) is 51.8 Å². The van der Waals surface area contributed by atoms with E-state index in [1.54, 1.807) is 18.2 Å². The van der Waals surface area contributed by atoms with Gasteiger partial charge in [0.25, 0.3) is 11.6 Å². The normalized spacial score (nSPS) is 16.4. The fraction of sp³-hybridized carbons (Fsp3) is 0.250. The van der Waals surface area contributed by atoms with Crippen LogP contribution in [0.3, 0.4) is 0 Å². The van der Waals surface area contributed by atoms with Gasteiger partial charge in [-0.25, -0.2) is 4.98 Å². The third kappa shape index (κ3) is 5.11. The molecule has 9 nitrogen and oxygen atoms in total. The highest BCUT2D eigenvalue weighted by molar-refractivity contribution is 8.01. The van der Waals surface area contributed by atoms with Crippen molar-refractivity contribution in [1.82, 2.24) is 10.3 Å². The van der Waals surface area contributed by atoms with Crippen molar-refractivity contribution in [2.24, 2.45) is 0 Å². The van der Waals surface area contributed by atoms with Crippen molar-refractivity contribution in [2.75, 3.05) is 13.2 Å². The molecule has 2 aromatic heterocycles. The summed E-state index contributed by atoms with van der Waals surface area (Å²) < 4.78 is 12.5. The minimum Gasteiger partial charge on any atom is -0.450 e. The van der Waals surface area contributed by atoms with Gasteiger partial charge in [-0.15, -0.1) is 11.3 Å². The second-order valence-corrected chi connectivity index (χ2v) is 8.94. The topological polar surface area (TPSA) is 131 Å². The molecular weight excluding hydrogens is 440 g/mol.